The molecule has 0 bridgehead atoms. The van der Waals surface area contributed by atoms with Crippen LogP contribution in [-0.4, -0.2) is 30.7 Å². The molecular formula is C19H13ClFN3O4S2. The monoisotopic (exact) mass is 465 g/mol. The molecule has 11 heteroatoms. The fourth-order valence-electron chi connectivity index (χ4n) is 2.88. The second kappa shape index (κ2) is 7.46. The molecule has 0 aliphatic heterocycles. The molecule has 0 unspecified atom stereocenters. The summed E-state index contributed by atoms with van der Waals surface area (Å²) in [5.74, 6) is -1.06. The summed E-state index contributed by atoms with van der Waals surface area (Å²) in [7, 11) is -3.37. The lowest BCUT2D eigenvalue weighted by molar-refractivity contribution is 0.102. The number of benzene rings is 2. The van der Waals surface area contributed by atoms with Crippen LogP contribution in [0.5, 0.6) is 0 Å². The lowest BCUT2D eigenvalue weighted by Gasteiger charge is -2.05. The fourth-order valence-corrected chi connectivity index (χ4v) is 4.76. The van der Waals surface area contributed by atoms with Crippen LogP contribution in [0.3, 0.4) is 0 Å². The molecule has 0 saturated heterocycles. The number of sulfone groups is 1. The second-order valence-electron chi connectivity index (χ2n) is 6.43. The number of nitrogens with one attached hydrogen (secondary N) is 1. The Morgan fingerprint density at radius 3 is 2.73 bits per heavy atom. The summed E-state index contributed by atoms with van der Waals surface area (Å²) in [5.41, 5.74) is 0.497. The number of anilines is 1. The minimum absolute atomic E-state index is 0.0198. The number of carbonyl (C=O) groups is 1. The number of halogens is 2. The number of nitrogens with zero attached hydrogens (tertiary/aromatic N) is 2. The molecule has 7 nitrogen and oxygen atoms in total. The van der Waals surface area contributed by atoms with Crippen molar-refractivity contribution in [2.45, 2.75) is 11.8 Å². The van der Waals surface area contributed by atoms with Gasteiger partial charge in [0.05, 0.1) is 25.7 Å². The predicted octanol–water partition coefficient (Wildman–Crippen LogP) is 4.71. The minimum atomic E-state index is -3.37. The van der Waals surface area contributed by atoms with Gasteiger partial charge in [0.15, 0.2) is 15.0 Å². The van der Waals surface area contributed by atoms with E-state index in [2.05, 4.69) is 15.5 Å². The summed E-state index contributed by atoms with van der Waals surface area (Å²) < 4.78 is 43.5. The van der Waals surface area contributed by atoms with E-state index in [9.17, 15) is 17.6 Å². The summed E-state index contributed by atoms with van der Waals surface area (Å²) in [6, 6.07) is 8.64. The molecule has 4 aromatic rings. The number of hydrogen-bond acceptors (Lipinski definition) is 7. The summed E-state index contributed by atoms with van der Waals surface area (Å²) >= 11 is 7.21. The molecule has 1 N–H and O–H groups in total. The van der Waals surface area contributed by atoms with E-state index >= 15 is 0 Å². The maximum atomic E-state index is 14.3. The number of hydrogen-bond donors (Lipinski definition) is 1. The Labute approximate surface area is 179 Å². The van der Waals surface area contributed by atoms with E-state index in [-0.39, 0.29) is 37.6 Å². The number of carbonyl (C=O) groups excluding carboxylic acids is 1. The maximum absolute atomic E-state index is 14.3. The van der Waals surface area contributed by atoms with Gasteiger partial charge in [-0.2, -0.15) is 0 Å². The average Bonchev–Trinajstić information content (AvgIpc) is 3.23. The van der Waals surface area contributed by atoms with E-state index in [1.807, 2.05) is 0 Å². The van der Waals surface area contributed by atoms with Crippen LogP contribution in [0.4, 0.5) is 9.52 Å². The van der Waals surface area contributed by atoms with E-state index in [0.29, 0.717) is 10.2 Å². The van der Waals surface area contributed by atoms with Gasteiger partial charge in [-0.05, 0) is 37.3 Å². The molecule has 30 heavy (non-hydrogen) atoms. The van der Waals surface area contributed by atoms with E-state index < -0.39 is 21.6 Å². The van der Waals surface area contributed by atoms with Crippen molar-refractivity contribution in [1.29, 1.82) is 0 Å². The van der Waals surface area contributed by atoms with Crippen molar-refractivity contribution in [2.24, 2.45) is 0 Å². The molecule has 0 aliphatic rings. The van der Waals surface area contributed by atoms with Crippen molar-refractivity contribution in [1.82, 2.24) is 10.1 Å². The molecule has 0 spiro atoms. The van der Waals surface area contributed by atoms with Gasteiger partial charge in [-0.15, -0.1) is 0 Å². The summed E-state index contributed by atoms with van der Waals surface area (Å²) in [6.45, 7) is 1.52. The fraction of sp³-hybridized carbons (Fsp3) is 0.105. The van der Waals surface area contributed by atoms with Crippen LogP contribution in [0, 0.1) is 12.7 Å². The number of thiazole rings is 1. The smallest absolute Gasteiger partial charge is 0.263 e. The first-order chi connectivity index (χ1) is 14.1. The molecular weight excluding hydrogens is 453 g/mol. The van der Waals surface area contributed by atoms with E-state index in [4.69, 9.17) is 16.1 Å². The summed E-state index contributed by atoms with van der Waals surface area (Å²) in [6.07, 6.45) is 1.11. The van der Waals surface area contributed by atoms with Crippen LogP contribution in [0.15, 0.2) is 45.8 Å². The highest BCUT2D eigenvalue weighted by atomic mass is 35.5. The van der Waals surface area contributed by atoms with Crippen LogP contribution in [0.2, 0.25) is 5.02 Å². The van der Waals surface area contributed by atoms with Crippen molar-refractivity contribution in [3.05, 3.63) is 58.6 Å². The van der Waals surface area contributed by atoms with Crippen LogP contribution in [-0.2, 0) is 9.84 Å². The van der Waals surface area contributed by atoms with E-state index in [0.717, 1.165) is 17.6 Å². The first-order valence-corrected chi connectivity index (χ1v) is 11.6. The number of rotatable bonds is 4. The Bertz CT molecular complexity index is 1390. The van der Waals surface area contributed by atoms with Gasteiger partial charge < -0.3 is 4.52 Å². The molecule has 0 radical (unpaired) electrons. The number of aryl methyl sites for hydroxylation is 1. The molecule has 0 saturated carbocycles. The third-order valence-corrected chi connectivity index (χ3v) is 6.66. The number of aromatic nitrogens is 2. The molecule has 154 valence electrons. The molecule has 2 heterocycles. The van der Waals surface area contributed by atoms with Gasteiger partial charge in [0, 0.05) is 6.26 Å². The molecule has 0 atom stereocenters. The molecule has 2 aromatic carbocycles. The Hall–Kier alpha value is -2.82. The largest absolute Gasteiger partial charge is 0.360 e. The predicted molar refractivity (Wildman–Crippen MR) is 112 cm³/mol. The summed E-state index contributed by atoms with van der Waals surface area (Å²) in [5, 5.41) is 6.77. The average molecular weight is 466 g/mol. The van der Waals surface area contributed by atoms with Crippen molar-refractivity contribution in [2.75, 3.05) is 11.6 Å². The zero-order chi connectivity index (χ0) is 21.6. The van der Waals surface area contributed by atoms with Crippen molar-refractivity contribution in [3.8, 4) is 11.3 Å². The first-order valence-electron chi connectivity index (χ1n) is 8.48. The first kappa shape index (κ1) is 20.5. The van der Waals surface area contributed by atoms with Crippen LogP contribution < -0.4 is 5.32 Å². The van der Waals surface area contributed by atoms with Gasteiger partial charge in [-0.25, -0.2) is 17.8 Å². The Kier molecular flexibility index (Phi) is 5.08. The number of fused-ring (bicyclic) bond motifs is 1. The highest BCUT2D eigenvalue weighted by Crippen LogP contribution is 2.34. The standard InChI is InChI=1S/C19H13ClFN3O4S2/c1-9-15(17(24-28-9)16-11(20)4-3-5-12(16)21)18(25)23-19-22-13-7-6-10(30(2,26)27)8-14(13)29-19/h3-8H,1-2H3,(H,22,23,25). The highest BCUT2D eigenvalue weighted by Gasteiger charge is 2.26. The second-order valence-corrected chi connectivity index (χ2v) is 9.89. The van der Waals surface area contributed by atoms with Gasteiger partial charge in [0.25, 0.3) is 5.91 Å². The zero-order valence-electron chi connectivity index (χ0n) is 15.6. The Morgan fingerprint density at radius 1 is 1.27 bits per heavy atom. The molecule has 2 aromatic heterocycles. The third-order valence-electron chi connectivity index (χ3n) is 4.30. The normalized spacial score (nSPS) is 11.7. The van der Waals surface area contributed by atoms with E-state index in [1.165, 1.54) is 37.3 Å². The molecule has 1 amide bonds. The van der Waals surface area contributed by atoms with Gasteiger partial charge in [0.2, 0.25) is 0 Å². The van der Waals surface area contributed by atoms with Gasteiger partial charge in [-0.3, -0.25) is 10.1 Å². The van der Waals surface area contributed by atoms with Crippen LogP contribution in [0.25, 0.3) is 21.5 Å². The number of amides is 1. The SMILES string of the molecule is Cc1onc(-c2c(F)cccc2Cl)c1C(=O)Nc1nc2ccc(S(C)(=O)=O)cc2s1. The van der Waals surface area contributed by atoms with Crippen LogP contribution in [0.1, 0.15) is 16.1 Å². The Balaban J connectivity index is 1.71. The lowest BCUT2D eigenvalue weighted by Crippen LogP contribution is -2.13. The molecule has 0 aliphatic carbocycles. The van der Waals surface area contributed by atoms with Gasteiger partial charge in [-0.1, -0.05) is 34.2 Å². The Morgan fingerprint density at radius 2 is 2.03 bits per heavy atom. The quantitative estimate of drug-likeness (QED) is 0.468. The maximum Gasteiger partial charge on any atom is 0.263 e. The topological polar surface area (TPSA) is 102 Å². The summed E-state index contributed by atoms with van der Waals surface area (Å²) in [4.78, 5) is 17.4. The van der Waals surface area contributed by atoms with Crippen LogP contribution >= 0.6 is 22.9 Å². The molecule has 4 rings (SSSR count). The van der Waals surface area contributed by atoms with Crippen molar-refractivity contribution >= 4 is 54.0 Å². The van der Waals surface area contributed by atoms with Gasteiger partial charge >= 0.3 is 0 Å². The molecule has 0 fully saturated rings. The highest BCUT2D eigenvalue weighted by molar-refractivity contribution is 7.90. The van der Waals surface area contributed by atoms with E-state index in [1.54, 1.807) is 6.07 Å². The van der Waals surface area contributed by atoms with Crippen molar-refractivity contribution in [3.63, 3.8) is 0 Å². The van der Waals surface area contributed by atoms with Gasteiger partial charge in [0.1, 0.15) is 22.8 Å². The minimum Gasteiger partial charge on any atom is -0.360 e. The zero-order valence-corrected chi connectivity index (χ0v) is 18.0. The lowest BCUT2D eigenvalue weighted by atomic mass is 10.1. The third kappa shape index (κ3) is 3.69. The van der Waals surface area contributed by atoms with Crippen molar-refractivity contribution < 1.29 is 22.1 Å².